The summed E-state index contributed by atoms with van der Waals surface area (Å²) in [4.78, 5) is 24.6. The second-order valence-corrected chi connectivity index (χ2v) is 7.46. The Hall–Kier alpha value is -2.63. The SMILES string of the molecule is CCn1c(Cc2ccc(F)cc2C)cc(=O)c(C(=O)O)c1-c1ccc(Cl)c(Cl)c1. The number of carbonyl (C=O) groups is 1. The van der Waals surface area contributed by atoms with Crippen LogP contribution in [0.15, 0.2) is 47.3 Å². The van der Waals surface area contributed by atoms with Crippen LogP contribution in [0.4, 0.5) is 4.39 Å². The Balaban J connectivity index is 2.28. The van der Waals surface area contributed by atoms with E-state index in [-0.39, 0.29) is 22.1 Å². The molecule has 7 heteroatoms. The molecule has 0 aliphatic rings. The molecule has 29 heavy (non-hydrogen) atoms. The Bertz CT molecular complexity index is 1170. The van der Waals surface area contributed by atoms with Crippen LogP contribution in [-0.2, 0) is 13.0 Å². The van der Waals surface area contributed by atoms with Crippen LogP contribution in [0.1, 0.15) is 34.1 Å². The van der Waals surface area contributed by atoms with E-state index in [9.17, 15) is 19.1 Å². The zero-order valence-electron chi connectivity index (χ0n) is 15.8. The summed E-state index contributed by atoms with van der Waals surface area (Å²) in [6.07, 6.45) is 0.351. The van der Waals surface area contributed by atoms with Crippen molar-refractivity contribution in [3.05, 3.63) is 90.9 Å². The summed E-state index contributed by atoms with van der Waals surface area (Å²) in [6.45, 7) is 4.07. The van der Waals surface area contributed by atoms with Crippen LogP contribution in [0.2, 0.25) is 10.0 Å². The Labute approximate surface area is 177 Å². The van der Waals surface area contributed by atoms with Gasteiger partial charge in [-0.1, -0.05) is 35.3 Å². The van der Waals surface area contributed by atoms with Gasteiger partial charge in [0.25, 0.3) is 0 Å². The summed E-state index contributed by atoms with van der Waals surface area (Å²) in [5, 5.41) is 10.3. The molecule has 0 saturated heterocycles. The number of hydrogen-bond donors (Lipinski definition) is 1. The molecule has 0 radical (unpaired) electrons. The van der Waals surface area contributed by atoms with Crippen LogP contribution in [0.5, 0.6) is 0 Å². The minimum atomic E-state index is -1.32. The van der Waals surface area contributed by atoms with Gasteiger partial charge in [0.05, 0.1) is 15.7 Å². The molecule has 3 aromatic rings. The Morgan fingerprint density at radius 3 is 2.41 bits per heavy atom. The van der Waals surface area contributed by atoms with Gasteiger partial charge in [-0.25, -0.2) is 9.18 Å². The molecule has 1 aromatic heterocycles. The first-order valence-corrected chi connectivity index (χ1v) is 9.69. The van der Waals surface area contributed by atoms with Crippen molar-refractivity contribution in [1.82, 2.24) is 4.57 Å². The van der Waals surface area contributed by atoms with Gasteiger partial charge in [-0.15, -0.1) is 0 Å². The standard InChI is InChI=1S/C22H18Cl2FNO3/c1-3-26-16(9-13-4-6-15(25)8-12(13)2)11-19(27)20(22(28)29)21(26)14-5-7-17(23)18(24)10-14/h4-8,10-11H,3,9H2,1-2H3,(H,28,29). The molecule has 0 fully saturated rings. The lowest BCUT2D eigenvalue weighted by atomic mass is 9.99. The normalized spacial score (nSPS) is 10.9. The van der Waals surface area contributed by atoms with Crippen molar-refractivity contribution in [2.45, 2.75) is 26.8 Å². The number of pyridine rings is 1. The zero-order chi connectivity index (χ0) is 21.3. The molecule has 1 heterocycles. The van der Waals surface area contributed by atoms with Gasteiger partial charge in [-0.3, -0.25) is 4.79 Å². The number of hydrogen-bond acceptors (Lipinski definition) is 2. The Kier molecular flexibility index (Phi) is 6.10. The summed E-state index contributed by atoms with van der Waals surface area (Å²) in [5.41, 5.74) is 2.03. The van der Waals surface area contributed by atoms with Gasteiger partial charge >= 0.3 is 5.97 Å². The molecule has 150 valence electrons. The van der Waals surface area contributed by atoms with E-state index in [1.807, 2.05) is 6.92 Å². The number of aryl methyl sites for hydroxylation is 1. The zero-order valence-corrected chi connectivity index (χ0v) is 17.3. The lowest BCUT2D eigenvalue weighted by Gasteiger charge is -2.20. The number of aromatic nitrogens is 1. The molecular weight excluding hydrogens is 416 g/mol. The fraction of sp³-hybridized carbons (Fsp3) is 0.182. The number of benzene rings is 2. The first-order valence-electron chi connectivity index (χ1n) is 8.93. The van der Waals surface area contributed by atoms with Crippen molar-refractivity contribution < 1.29 is 14.3 Å². The van der Waals surface area contributed by atoms with Crippen LogP contribution in [0.25, 0.3) is 11.3 Å². The highest BCUT2D eigenvalue weighted by Crippen LogP contribution is 2.31. The first kappa shape index (κ1) is 21.1. The second-order valence-electron chi connectivity index (χ2n) is 6.65. The number of rotatable bonds is 5. The monoisotopic (exact) mass is 433 g/mol. The minimum Gasteiger partial charge on any atom is -0.477 e. The number of carboxylic acid groups (broad SMARTS) is 1. The molecular formula is C22H18Cl2FNO3. The van der Waals surface area contributed by atoms with Crippen LogP contribution in [0.3, 0.4) is 0 Å². The molecule has 0 bridgehead atoms. The molecule has 0 aliphatic carbocycles. The van der Waals surface area contributed by atoms with Crippen LogP contribution < -0.4 is 5.43 Å². The number of carboxylic acids is 1. The van der Waals surface area contributed by atoms with Gasteiger partial charge in [0.2, 0.25) is 0 Å². The predicted octanol–water partition coefficient (Wildman–Crippen LogP) is 5.58. The first-order chi connectivity index (χ1) is 13.7. The van der Waals surface area contributed by atoms with Crippen molar-refractivity contribution in [3.8, 4) is 11.3 Å². The minimum absolute atomic E-state index is 0.260. The summed E-state index contributed by atoms with van der Waals surface area (Å²) in [7, 11) is 0. The van der Waals surface area contributed by atoms with Crippen LogP contribution >= 0.6 is 23.2 Å². The summed E-state index contributed by atoms with van der Waals surface area (Å²) in [6, 6.07) is 10.5. The van der Waals surface area contributed by atoms with Crippen molar-refractivity contribution in [1.29, 1.82) is 0 Å². The highest BCUT2D eigenvalue weighted by atomic mass is 35.5. The maximum atomic E-state index is 13.4. The molecule has 0 atom stereocenters. The molecule has 1 N–H and O–H groups in total. The van der Waals surface area contributed by atoms with Crippen molar-refractivity contribution in [2.24, 2.45) is 0 Å². The smallest absolute Gasteiger partial charge is 0.341 e. The summed E-state index contributed by atoms with van der Waals surface area (Å²) in [5.74, 6) is -1.65. The van der Waals surface area contributed by atoms with Gasteiger partial charge in [0, 0.05) is 30.3 Å². The van der Waals surface area contributed by atoms with E-state index in [0.29, 0.717) is 29.2 Å². The van der Waals surface area contributed by atoms with E-state index in [1.54, 1.807) is 35.8 Å². The van der Waals surface area contributed by atoms with Crippen molar-refractivity contribution in [2.75, 3.05) is 0 Å². The predicted molar refractivity (Wildman–Crippen MR) is 113 cm³/mol. The van der Waals surface area contributed by atoms with E-state index in [4.69, 9.17) is 23.2 Å². The third-order valence-corrected chi connectivity index (χ3v) is 5.54. The average molecular weight is 434 g/mol. The maximum Gasteiger partial charge on any atom is 0.341 e. The van der Waals surface area contributed by atoms with E-state index < -0.39 is 11.4 Å². The lowest BCUT2D eigenvalue weighted by molar-refractivity contribution is 0.0695. The van der Waals surface area contributed by atoms with E-state index in [2.05, 4.69) is 0 Å². The molecule has 0 saturated carbocycles. The molecule has 0 unspecified atom stereocenters. The van der Waals surface area contributed by atoms with Crippen LogP contribution in [-0.4, -0.2) is 15.6 Å². The van der Waals surface area contributed by atoms with Crippen molar-refractivity contribution >= 4 is 29.2 Å². The third kappa shape index (κ3) is 4.21. The lowest BCUT2D eigenvalue weighted by Crippen LogP contribution is -2.23. The Morgan fingerprint density at radius 1 is 1.10 bits per heavy atom. The number of halogens is 3. The topological polar surface area (TPSA) is 59.3 Å². The second kappa shape index (κ2) is 8.39. The van der Waals surface area contributed by atoms with Crippen molar-refractivity contribution in [3.63, 3.8) is 0 Å². The highest BCUT2D eigenvalue weighted by molar-refractivity contribution is 6.42. The van der Waals surface area contributed by atoms with Gasteiger partial charge in [0.1, 0.15) is 11.4 Å². The molecule has 0 amide bonds. The van der Waals surface area contributed by atoms with Crippen LogP contribution in [0, 0.1) is 12.7 Å². The third-order valence-electron chi connectivity index (χ3n) is 4.80. The van der Waals surface area contributed by atoms with Gasteiger partial charge in [-0.05, 0) is 49.2 Å². The fourth-order valence-corrected chi connectivity index (χ4v) is 3.71. The Morgan fingerprint density at radius 2 is 1.83 bits per heavy atom. The van der Waals surface area contributed by atoms with Gasteiger partial charge < -0.3 is 9.67 Å². The molecule has 3 rings (SSSR count). The highest BCUT2D eigenvalue weighted by Gasteiger charge is 2.22. The van der Waals surface area contributed by atoms with E-state index >= 15 is 0 Å². The summed E-state index contributed by atoms with van der Waals surface area (Å²) < 4.78 is 15.2. The molecule has 0 spiro atoms. The molecule has 2 aromatic carbocycles. The van der Waals surface area contributed by atoms with E-state index in [0.717, 1.165) is 11.1 Å². The number of nitrogens with zero attached hydrogens (tertiary/aromatic N) is 1. The quantitative estimate of drug-likeness (QED) is 0.571. The average Bonchev–Trinajstić information content (AvgIpc) is 2.65. The van der Waals surface area contributed by atoms with Gasteiger partial charge in [0.15, 0.2) is 5.43 Å². The summed E-state index contributed by atoms with van der Waals surface area (Å²) >= 11 is 12.1. The molecule has 0 aliphatic heterocycles. The maximum absolute atomic E-state index is 13.4. The van der Waals surface area contributed by atoms with E-state index in [1.165, 1.54) is 18.2 Å². The number of aromatic carboxylic acids is 1. The van der Waals surface area contributed by atoms with Gasteiger partial charge in [-0.2, -0.15) is 0 Å². The largest absolute Gasteiger partial charge is 0.477 e. The molecule has 4 nitrogen and oxygen atoms in total. The fourth-order valence-electron chi connectivity index (χ4n) is 3.41.